The molecule has 13 heteroatoms. The topological polar surface area (TPSA) is 170 Å². The Morgan fingerprint density at radius 2 is 1.73 bits per heavy atom. The van der Waals surface area contributed by atoms with Crippen molar-refractivity contribution in [3.05, 3.63) is 82.5 Å². The second-order valence-corrected chi connectivity index (χ2v) is 11.5. The summed E-state index contributed by atoms with van der Waals surface area (Å²) in [6, 6.07) is 15.4. The zero-order valence-corrected chi connectivity index (χ0v) is 23.4. The first-order valence-corrected chi connectivity index (χ1v) is 14.8. The van der Waals surface area contributed by atoms with E-state index in [9.17, 15) is 22.8 Å². The van der Waals surface area contributed by atoms with Gasteiger partial charge in [-0.2, -0.15) is 5.21 Å². The first kappa shape index (κ1) is 27.8. The van der Waals surface area contributed by atoms with Crippen LogP contribution >= 0.6 is 0 Å². The van der Waals surface area contributed by atoms with Gasteiger partial charge >= 0.3 is 0 Å². The molecule has 1 amide bonds. The number of Topliss-reactive ketones (excluding diaryl/α,β-unsaturated/α-hetero) is 2. The number of carbonyl (C=O) groups excluding carboxylic acids is 3. The Morgan fingerprint density at radius 3 is 2.37 bits per heavy atom. The minimum atomic E-state index is -3.96. The van der Waals surface area contributed by atoms with Crippen LogP contribution in [0.1, 0.15) is 59.1 Å². The van der Waals surface area contributed by atoms with E-state index in [0.29, 0.717) is 18.1 Å². The highest BCUT2D eigenvalue weighted by atomic mass is 32.2. The Morgan fingerprint density at radius 1 is 1.02 bits per heavy atom. The Bertz CT molecular complexity index is 1800. The van der Waals surface area contributed by atoms with E-state index >= 15 is 0 Å². The fourth-order valence-electron chi connectivity index (χ4n) is 4.83. The smallest absolute Gasteiger partial charge is 0.269 e. The summed E-state index contributed by atoms with van der Waals surface area (Å²) in [7, 11) is -3.96. The lowest BCUT2D eigenvalue weighted by Crippen LogP contribution is -2.37. The molecule has 1 aliphatic carbocycles. The third-order valence-electron chi connectivity index (χ3n) is 6.80. The van der Waals surface area contributed by atoms with Crippen molar-refractivity contribution in [2.75, 3.05) is 6.26 Å². The Labute approximate surface area is 235 Å². The van der Waals surface area contributed by atoms with E-state index in [0.717, 1.165) is 41.4 Å². The van der Waals surface area contributed by atoms with Crippen LogP contribution in [0.5, 0.6) is 0 Å². The lowest BCUT2D eigenvalue weighted by Gasteiger charge is -2.18. The molecule has 210 valence electrons. The summed E-state index contributed by atoms with van der Waals surface area (Å²) in [4.78, 5) is 44.2. The molecule has 0 aliphatic heterocycles. The van der Waals surface area contributed by atoms with Crippen molar-refractivity contribution in [1.82, 2.24) is 34.9 Å². The number of allylic oxidation sites excluding steroid dienone is 1. The summed E-state index contributed by atoms with van der Waals surface area (Å²) in [6.45, 7) is 3.57. The van der Waals surface area contributed by atoms with Gasteiger partial charge in [0.1, 0.15) is 17.2 Å². The van der Waals surface area contributed by atoms with E-state index in [2.05, 4.69) is 25.6 Å². The molecule has 0 spiro atoms. The summed E-state index contributed by atoms with van der Waals surface area (Å²) in [5, 5.41) is 14.3. The van der Waals surface area contributed by atoms with Crippen molar-refractivity contribution in [2.45, 2.75) is 39.7 Å². The highest BCUT2D eigenvalue weighted by molar-refractivity contribution is 7.89. The van der Waals surface area contributed by atoms with Crippen LogP contribution in [-0.2, 0) is 27.8 Å². The minimum Gasteiger partial charge on any atom is -0.320 e. The second kappa shape index (κ2) is 11.0. The molecule has 0 saturated carbocycles. The number of benzene rings is 2. The predicted octanol–water partition coefficient (Wildman–Crippen LogP) is 2.89. The van der Waals surface area contributed by atoms with Crippen LogP contribution in [0.15, 0.2) is 59.7 Å². The van der Waals surface area contributed by atoms with Crippen LogP contribution in [-0.4, -0.2) is 62.3 Å². The van der Waals surface area contributed by atoms with Crippen molar-refractivity contribution < 1.29 is 22.8 Å². The van der Waals surface area contributed by atoms with Crippen LogP contribution in [0.3, 0.4) is 0 Å². The highest BCUT2D eigenvalue weighted by Gasteiger charge is 2.39. The molecule has 2 N–H and O–H groups in total. The monoisotopic (exact) mass is 573 g/mol. The molecule has 12 nitrogen and oxygen atoms in total. The number of imidazole rings is 1. The van der Waals surface area contributed by atoms with Crippen LogP contribution in [0, 0.1) is 0 Å². The number of nitrogens with one attached hydrogen (secondary N) is 2. The Kier molecular flexibility index (Phi) is 7.45. The van der Waals surface area contributed by atoms with Crippen molar-refractivity contribution >= 4 is 27.5 Å². The average Bonchev–Trinajstić information content (AvgIpc) is 3.59. The molecule has 2 aromatic carbocycles. The van der Waals surface area contributed by atoms with Crippen molar-refractivity contribution in [1.29, 1.82) is 0 Å². The van der Waals surface area contributed by atoms with Gasteiger partial charge in [-0.3, -0.25) is 14.4 Å². The fraction of sp³-hybridized carbons (Fsp3) is 0.250. The quantitative estimate of drug-likeness (QED) is 0.286. The number of H-pyrrole nitrogens is 1. The molecule has 4 aromatic rings. The number of amides is 1. The molecule has 2 aromatic heterocycles. The molecule has 0 unspecified atom stereocenters. The largest absolute Gasteiger partial charge is 0.320 e. The predicted molar refractivity (Wildman–Crippen MR) is 149 cm³/mol. The maximum atomic E-state index is 13.6. The lowest BCUT2D eigenvalue weighted by atomic mass is 9.90. The third-order valence-corrected chi connectivity index (χ3v) is 7.35. The number of fused-ring (bicyclic) bond motifs is 1. The molecule has 0 bridgehead atoms. The van der Waals surface area contributed by atoms with Gasteiger partial charge in [0.25, 0.3) is 5.91 Å². The summed E-state index contributed by atoms with van der Waals surface area (Å²) < 4.78 is 26.9. The van der Waals surface area contributed by atoms with Crippen molar-refractivity contribution in [3.8, 4) is 22.5 Å². The van der Waals surface area contributed by atoms with Gasteiger partial charge in [0, 0.05) is 24.1 Å². The van der Waals surface area contributed by atoms with E-state index in [4.69, 9.17) is 0 Å². The molecule has 0 radical (unpaired) electrons. The molecule has 41 heavy (non-hydrogen) atoms. The number of aromatic nitrogens is 6. The maximum Gasteiger partial charge on any atom is 0.269 e. The SMILES string of the molecule is CCCCc1nc2c(n1Cc1ccc(-c3ccccc3-c3nn[nH]n3)cc1)C(=O)C(C(=O)NS(C)(=O)=O)=C(C)C2=O. The number of hydrogen-bond acceptors (Lipinski definition) is 9. The molecule has 5 rings (SSSR count). The van der Waals surface area contributed by atoms with E-state index in [1.807, 2.05) is 55.5 Å². The number of rotatable bonds is 9. The normalized spacial score (nSPS) is 13.4. The van der Waals surface area contributed by atoms with Crippen molar-refractivity contribution in [2.24, 2.45) is 0 Å². The lowest BCUT2D eigenvalue weighted by molar-refractivity contribution is -0.115. The number of aryl methyl sites for hydroxylation is 1. The average molecular weight is 574 g/mol. The van der Waals surface area contributed by atoms with Gasteiger partial charge < -0.3 is 4.57 Å². The number of aromatic amines is 1. The molecule has 0 fully saturated rings. The minimum absolute atomic E-state index is 0.0168. The zero-order chi connectivity index (χ0) is 29.3. The molecular weight excluding hydrogens is 546 g/mol. The van der Waals surface area contributed by atoms with E-state index < -0.39 is 33.1 Å². The standard InChI is InChI=1S/C28H27N7O5S/c1-4-5-10-21-29-23-24(26(37)22(16(2)25(23)36)28(38)32-41(3,39)40)35(21)15-17-11-13-18(14-12-17)19-8-6-7-9-20(19)27-30-33-34-31-27/h6-9,11-14H,4-5,10,15H2,1-3H3,(H,32,38)(H,30,31,33,34). The molecule has 2 heterocycles. The van der Waals surface area contributed by atoms with Crippen LogP contribution < -0.4 is 4.72 Å². The molecule has 1 aliphatic rings. The summed E-state index contributed by atoms with van der Waals surface area (Å²) >= 11 is 0. The van der Waals surface area contributed by atoms with Gasteiger partial charge in [-0.15, -0.1) is 10.2 Å². The number of carbonyl (C=O) groups is 3. The van der Waals surface area contributed by atoms with E-state index in [1.165, 1.54) is 6.92 Å². The second-order valence-electron chi connectivity index (χ2n) is 9.75. The number of tetrazole rings is 1. The van der Waals surface area contributed by atoms with Gasteiger partial charge in [0.15, 0.2) is 0 Å². The summed E-state index contributed by atoms with van der Waals surface area (Å²) in [6.07, 6.45) is 2.97. The van der Waals surface area contributed by atoms with Gasteiger partial charge in [-0.1, -0.05) is 61.9 Å². The third kappa shape index (κ3) is 5.48. The highest BCUT2D eigenvalue weighted by Crippen LogP contribution is 2.31. The molecular formula is C28H27N7O5S. The van der Waals surface area contributed by atoms with E-state index in [-0.39, 0.29) is 23.5 Å². The van der Waals surface area contributed by atoms with Crippen LogP contribution in [0.25, 0.3) is 22.5 Å². The molecule has 0 atom stereocenters. The number of hydrogen-bond donors (Lipinski definition) is 2. The molecule has 0 saturated heterocycles. The Hall–Kier alpha value is -4.78. The zero-order valence-electron chi connectivity index (χ0n) is 22.6. The Balaban J connectivity index is 1.52. The first-order valence-electron chi connectivity index (χ1n) is 12.9. The van der Waals surface area contributed by atoms with E-state index in [1.54, 1.807) is 9.29 Å². The van der Waals surface area contributed by atoms with Gasteiger partial charge in [-0.25, -0.2) is 18.1 Å². The number of sulfonamides is 1. The summed E-state index contributed by atoms with van der Waals surface area (Å²) in [5.74, 6) is -1.44. The fourth-order valence-corrected chi connectivity index (χ4v) is 5.27. The number of ketones is 2. The van der Waals surface area contributed by atoms with Crippen LogP contribution in [0.2, 0.25) is 0 Å². The van der Waals surface area contributed by atoms with Gasteiger partial charge in [0.05, 0.1) is 11.8 Å². The van der Waals surface area contributed by atoms with Gasteiger partial charge in [0.2, 0.25) is 27.4 Å². The summed E-state index contributed by atoms with van der Waals surface area (Å²) in [5.41, 5.74) is 2.79. The van der Waals surface area contributed by atoms with Crippen molar-refractivity contribution in [3.63, 3.8) is 0 Å². The number of unbranched alkanes of at least 4 members (excludes halogenated alkanes) is 1. The van der Waals surface area contributed by atoms with Crippen LogP contribution in [0.4, 0.5) is 0 Å². The van der Waals surface area contributed by atoms with Gasteiger partial charge in [-0.05, 0) is 35.2 Å². The maximum absolute atomic E-state index is 13.6. The number of nitrogens with zero attached hydrogens (tertiary/aromatic N) is 5. The first-order chi connectivity index (χ1) is 19.6.